The second kappa shape index (κ2) is 11.0. The molecule has 0 aliphatic heterocycles. The van der Waals surface area contributed by atoms with Gasteiger partial charge in [-0.3, -0.25) is 0 Å². The standard InChI is InChI=1S/C11H25NO2/c1-4-6-7-8-14-10-11(9-13-3)12-5-2/h11-12H,4-10H2,1-3H3. The lowest BCUT2D eigenvalue weighted by Gasteiger charge is -2.16. The van der Waals surface area contributed by atoms with Crippen molar-refractivity contribution in [3.05, 3.63) is 0 Å². The van der Waals surface area contributed by atoms with Crippen molar-refractivity contribution in [2.45, 2.75) is 39.2 Å². The molecule has 1 atom stereocenters. The van der Waals surface area contributed by atoms with E-state index in [-0.39, 0.29) is 0 Å². The zero-order chi connectivity index (χ0) is 10.6. The van der Waals surface area contributed by atoms with E-state index in [2.05, 4.69) is 19.2 Å². The van der Waals surface area contributed by atoms with E-state index in [0.717, 1.165) is 26.4 Å². The quantitative estimate of drug-likeness (QED) is 0.549. The van der Waals surface area contributed by atoms with E-state index in [9.17, 15) is 0 Å². The minimum absolute atomic E-state index is 0.339. The Hall–Kier alpha value is -0.120. The number of likely N-dealkylation sites (N-methyl/N-ethyl adjacent to an activating group) is 1. The van der Waals surface area contributed by atoms with E-state index in [4.69, 9.17) is 9.47 Å². The van der Waals surface area contributed by atoms with Gasteiger partial charge < -0.3 is 14.8 Å². The first-order valence-electron chi connectivity index (χ1n) is 5.65. The van der Waals surface area contributed by atoms with Crippen molar-refractivity contribution in [3.8, 4) is 0 Å². The zero-order valence-electron chi connectivity index (χ0n) is 9.84. The minimum Gasteiger partial charge on any atom is -0.383 e. The molecule has 0 aliphatic rings. The van der Waals surface area contributed by atoms with Gasteiger partial charge in [0, 0.05) is 13.7 Å². The molecule has 0 heterocycles. The topological polar surface area (TPSA) is 30.5 Å². The molecule has 1 unspecified atom stereocenters. The Morgan fingerprint density at radius 3 is 2.50 bits per heavy atom. The summed E-state index contributed by atoms with van der Waals surface area (Å²) in [5, 5.41) is 3.32. The predicted octanol–water partition coefficient (Wildman–Crippen LogP) is 1.82. The van der Waals surface area contributed by atoms with Gasteiger partial charge in [0.2, 0.25) is 0 Å². The average molecular weight is 203 g/mol. The van der Waals surface area contributed by atoms with Crippen LogP contribution in [0.5, 0.6) is 0 Å². The highest BCUT2D eigenvalue weighted by atomic mass is 16.5. The van der Waals surface area contributed by atoms with Crippen LogP contribution in [0.1, 0.15) is 33.1 Å². The van der Waals surface area contributed by atoms with Crippen LogP contribution in [0.4, 0.5) is 0 Å². The van der Waals surface area contributed by atoms with E-state index in [1.165, 1.54) is 19.3 Å². The molecule has 0 spiro atoms. The van der Waals surface area contributed by atoms with E-state index in [1.807, 2.05) is 0 Å². The number of ether oxygens (including phenoxy) is 2. The maximum absolute atomic E-state index is 5.56. The van der Waals surface area contributed by atoms with Crippen LogP contribution in [0.25, 0.3) is 0 Å². The minimum atomic E-state index is 0.339. The normalized spacial score (nSPS) is 13.1. The van der Waals surface area contributed by atoms with Crippen LogP contribution in [0, 0.1) is 0 Å². The second-order valence-corrected chi connectivity index (χ2v) is 3.49. The van der Waals surface area contributed by atoms with Crippen molar-refractivity contribution < 1.29 is 9.47 Å². The summed E-state index contributed by atoms with van der Waals surface area (Å²) in [6.07, 6.45) is 3.68. The Balaban J connectivity index is 3.30. The van der Waals surface area contributed by atoms with Crippen molar-refractivity contribution >= 4 is 0 Å². The number of rotatable bonds is 10. The largest absolute Gasteiger partial charge is 0.383 e. The van der Waals surface area contributed by atoms with Crippen LogP contribution in [0.3, 0.4) is 0 Å². The molecule has 86 valence electrons. The number of methoxy groups -OCH3 is 1. The zero-order valence-corrected chi connectivity index (χ0v) is 9.84. The van der Waals surface area contributed by atoms with Gasteiger partial charge in [0.15, 0.2) is 0 Å². The first kappa shape index (κ1) is 13.9. The SMILES string of the molecule is CCCCCOCC(COC)NCC. The molecule has 14 heavy (non-hydrogen) atoms. The van der Waals surface area contributed by atoms with Crippen LogP contribution in [-0.4, -0.2) is 39.5 Å². The lowest BCUT2D eigenvalue weighted by Crippen LogP contribution is -2.37. The van der Waals surface area contributed by atoms with Crippen LogP contribution in [-0.2, 0) is 9.47 Å². The molecular formula is C11H25NO2. The third-order valence-corrected chi connectivity index (χ3v) is 2.07. The summed E-state index contributed by atoms with van der Waals surface area (Å²) in [5.74, 6) is 0. The Labute approximate surface area is 88.2 Å². The summed E-state index contributed by atoms with van der Waals surface area (Å²) in [7, 11) is 1.72. The fraction of sp³-hybridized carbons (Fsp3) is 1.00. The highest BCUT2D eigenvalue weighted by Gasteiger charge is 2.05. The van der Waals surface area contributed by atoms with Gasteiger partial charge >= 0.3 is 0 Å². The Bertz CT molecular complexity index is 103. The molecule has 0 aromatic heterocycles. The van der Waals surface area contributed by atoms with E-state index in [0.29, 0.717) is 6.04 Å². The molecule has 3 nitrogen and oxygen atoms in total. The number of hydrogen-bond acceptors (Lipinski definition) is 3. The highest BCUT2D eigenvalue weighted by molar-refractivity contribution is 4.63. The molecule has 0 amide bonds. The summed E-state index contributed by atoms with van der Waals surface area (Å²) in [6.45, 7) is 7.62. The first-order valence-corrected chi connectivity index (χ1v) is 5.65. The molecule has 0 radical (unpaired) electrons. The van der Waals surface area contributed by atoms with Gasteiger partial charge in [-0.15, -0.1) is 0 Å². The summed E-state index contributed by atoms with van der Waals surface area (Å²) in [4.78, 5) is 0. The Morgan fingerprint density at radius 2 is 1.93 bits per heavy atom. The maximum Gasteiger partial charge on any atom is 0.0642 e. The van der Waals surface area contributed by atoms with Crippen molar-refractivity contribution in [1.82, 2.24) is 5.32 Å². The summed E-state index contributed by atoms with van der Waals surface area (Å²) < 4.78 is 10.7. The Morgan fingerprint density at radius 1 is 1.14 bits per heavy atom. The van der Waals surface area contributed by atoms with Gasteiger partial charge in [0.1, 0.15) is 0 Å². The maximum atomic E-state index is 5.56. The van der Waals surface area contributed by atoms with Gasteiger partial charge in [-0.25, -0.2) is 0 Å². The molecule has 0 aliphatic carbocycles. The van der Waals surface area contributed by atoms with Gasteiger partial charge in [-0.05, 0) is 13.0 Å². The molecule has 0 aromatic carbocycles. The number of nitrogens with one attached hydrogen (secondary N) is 1. The molecule has 0 saturated carbocycles. The molecular weight excluding hydrogens is 178 g/mol. The molecule has 0 rings (SSSR count). The Kier molecular flexibility index (Phi) is 10.9. The van der Waals surface area contributed by atoms with Crippen LogP contribution in [0.2, 0.25) is 0 Å². The smallest absolute Gasteiger partial charge is 0.0642 e. The fourth-order valence-corrected chi connectivity index (χ4v) is 1.34. The van der Waals surface area contributed by atoms with E-state index in [1.54, 1.807) is 7.11 Å². The summed E-state index contributed by atoms with van der Waals surface area (Å²) >= 11 is 0. The van der Waals surface area contributed by atoms with Crippen molar-refractivity contribution in [2.24, 2.45) is 0 Å². The van der Waals surface area contributed by atoms with Gasteiger partial charge in [0.25, 0.3) is 0 Å². The lowest BCUT2D eigenvalue weighted by molar-refractivity contribution is 0.0730. The third-order valence-electron chi connectivity index (χ3n) is 2.07. The first-order chi connectivity index (χ1) is 6.85. The number of unbranched alkanes of at least 4 members (excludes halogenated alkanes) is 2. The molecule has 0 aromatic rings. The summed E-state index contributed by atoms with van der Waals surface area (Å²) in [5.41, 5.74) is 0. The van der Waals surface area contributed by atoms with E-state index >= 15 is 0 Å². The van der Waals surface area contributed by atoms with Gasteiger partial charge in [-0.1, -0.05) is 26.7 Å². The highest BCUT2D eigenvalue weighted by Crippen LogP contribution is 1.95. The summed E-state index contributed by atoms with van der Waals surface area (Å²) in [6, 6.07) is 0.339. The predicted molar refractivity (Wildman–Crippen MR) is 59.7 cm³/mol. The van der Waals surface area contributed by atoms with Crippen molar-refractivity contribution in [1.29, 1.82) is 0 Å². The van der Waals surface area contributed by atoms with Crippen LogP contribution in [0.15, 0.2) is 0 Å². The molecule has 1 N–H and O–H groups in total. The number of hydrogen-bond donors (Lipinski definition) is 1. The third kappa shape index (κ3) is 8.48. The monoisotopic (exact) mass is 203 g/mol. The fourth-order valence-electron chi connectivity index (χ4n) is 1.34. The molecule has 0 bridgehead atoms. The van der Waals surface area contributed by atoms with Crippen LogP contribution < -0.4 is 5.32 Å². The van der Waals surface area contributed by atoms with Crippen LogP contribution >= 0.6 is 0 Å². The molecule has 0 fully saturated rings. The second-order valence-electron chi connectivity index (χ2n) is 3.49. The molecule has 0 saturated heterocycles. The van der Waals surface area contributed by atoms with Gasteiger partial charge in [-0.2, -0.15) is 0 Å². The lowest BCUT2D eigenvalue weighted by atomic mass is 10.3. The van der Waals surface area contributed by atoms with E-state index < -0.39 is 0 Å². The van der Waals surface area contributed by atoms with Crippen molar-refractivity contribution in [2.75, 3.05) is 33.5 Å². The van der Waals surface area contributed by atoms with Crippen molar-refractivity contribution in [3.63, 3.8) is 0 Å². The molecule has 3 heteroatoms. The average Bonchev–Trinajstić information content (AvgIpc) is 2.18. The van der Waals surface area contributed by atoms with Gasteiger partial charge in [0.05, 0.1) is 19.3 Å².